The van der Waals surface area contributed by atoms with Gasteiger partial charge in [-0.2, -0.15) is 0 Å². The molecule has 0 aliphatic carbocycles. The predicted molar refractivity (Wildman–Crippen MR) is 46.7 cm³/mol. The van der Waals surface area contributed by atoms with Crippen molar-refractivity contribution in [2.45, 2.75) is 15.8 Å². The van der Waals surface area contributed by atoms with Crippen molar-refractivity contribution in [1.82, 2.24) is 0 Å². The third-order valence-electron chi connectivity index (χ3n) is 0.504. The summed E-state index contributed by atoms with van der Waals surface area (Å²) in [6.07, 6.45) is 0. The quantitative estimate of drug-likeness (QED) is 0.516. The third kappa shape index (κ3) is 3.64. The Labute approximate surface area is 66.4 Å². The minimum absolute atomic E-state index is 0.792. The summed E-state index contributed by atoms with van der Waals surface area (Å²) in [5.41, 5.74) is 0. The summed E-state index contributed by atoms with van der Waals surface area (Å²) in [6.45, 7) is 4.45. The molecule has 0 saturated heterocycles. The molecule has 6 heavy (non-hydrogen) atoms. The second kappa shape index (κ2) is 3.46. The van der Waals surface area contributed by atoms with Crippen molar-refractivity contribution < 1.29 is 0 Å². The summed E-state index contributed by atoms with van der Waals surface area (Å²) < 4.78 is 0.792. The van der Waals surface area contributed by atoms with Crippen LogP contribution in [0.4, 0.5) is 0 Å². The molecule has 0 nitrogen and oxygen atoms in total. The van der Waals surface area contributed by atoms with Crippen LogP contribution in [-0.2, 0) is 0 Å². The molecule has 0 aromatic heterocycles. The van der Waals surface area contributed by atoms with Gasteiger partial charge in [0.15, 0.2) is 0 Å². The van der Waals surface area contributed by atoms with E-state index in [2.05, 4.69) is 59.0 Å². The van der Waals surface area contributed by atoms with Crippen molar-refractivity contribution >= 4 is 45.2 Å². The highest BCUT2D eigenvalue weighted by Gasteiger charge is 1.99. The number of hydrogen-bond acceptors (Lipinski definition) is 0. The van der Waals surface area contributed by atoms with Crippen LogP contribution in [0.1, 0.15) is 13.8 Å². The van der Waals surface area contributed by atoms with Crippen molar-refractivity contribution in [2.24, 2.45) is 5.92 Å². The summed E-state index contributed by atoms with van der Waals surface area (Å²) in [7, 11) is 0. The Morgan fingerprint density at radius 1 is 1.17 bits per heavy atom. The van der Waals surface area contributed by atoms with Crippen LogP contribution in [0.25, 0.3) is 0 Å². The second-order valence-electron chi connectivity index (χ2n) is 1.58. The maximum Gasteiger partial charge on any atom is 0.0649 e. The van der Waals surface area contributed by atoms with Crippen molar-refractivity contribution in [3.8, 4) is 0 Å². The molecule has 0 bridgehead atoms. The molecule has 0 unspecified atom stereocenters. The molecule has 0 radical (unpaired) electrons. The molecular formula is C4H8I2. The monoisotopic (exact) mass is 310 g/mol. The zero-order chi connectivity index (χ0) is 5.15. The molecule has 2 heteroatoms. The maximum absolute atomic E-state index is 2.42. The molecule has 0 aromatic carbocycles. The van der Waals surface area contributed by atoms with Gasteiger partial charge in [0.25, 0.3) is 0 Å². The highest BCUT2D eigenvalue weighted by molar-refractivity contribution is 14.2. The van der Waals surface area contributed by atoms with Gasteiger partial charge >= 0.3 is 0 Å². The first kappa shape index (κ1) is 7.46. The predicted octanol–water partition coefficient (Wildman–Crippen LogP) is 2.84. The van der Waals surface area contributed by atoms with Gasteiger partial charge in [-0.25, -0.2) is 0 Å². The van der Waals surface area contributed by atoms with Crippen molar-refractivity contribution in [3.63, 3.8) is 0 Å². The van der Waals surface area contributed by atoms with Gasteiger partial charge < -0.3 is 0 Å². The van der Waals surface area contributed by atoms with E-state index in [0.717, 1.165) is 7.85 Å². The van der Waals surface area contributed by atoms with Crippen LogP contribution in [0, 0.1) is 5.92 Å². The van der Waals surface area contributed by atoms with E-state index in [4.69, 9.17) is 0 Å². The third-order valence-corrected chi connectivity index (χ3v) is 3.38. The summed E-state index contributed by atoms with van der Waals surface area (Å²) in [5, 5.41) is 0. The highest BCUT2D eigenvalue weighted by atomic mass is 127. The molecule has 0 amide bonds. The molecular weight excluding hydrogens is 302 g/mol. The van der Waals surface area contributed by atoms with E-state index in [1.165, 1.54) is 0 Å². The molecule has 0 aliphatic rings. The van der Waals surface area contributed by atoms with E-state index < -0.39 is 0 Å². The van der Waals surface area contributed by atoms with Crippen LogP contribution < -0.4 is 0 Å². The van der Waals surface area contributed by atoms with E-state index in [0.29, 0.717) is 0 Å². The summed E-state index contributed by atoms with van der Waals surface area (Å²) in [4.78, 5) is 0. The van der Waals surface area contributed by atoms with E-state index >= 15 is 0 Å². The van der Waals surface area contributed by atoms with Gasteiger partial charge in [0, 0.05) is 0 Å². The molecule has 0 aromatic rings. The molecule has 0 fully saturated rings. The minimum Gasteiger partial charge on any atom is -0.0707 e. The Morgan fingerprint density at radius 3 is 1.33 bits per heavy atom. The zero-order valence-electron chi connectivity index (χ0n) is 3.91. The standard InChI is InChI=1S/C4H8I2/c1-3(2)4(5)6/h3-4H,1-2H3. The summed E-state index contributed by atoms with van der Waals surface area (Å²) in [6, 6.07) is 0. The van der Waals surface area contributed by atoms with E-state index in [9.17, 15) is 0 Å². The Balaban J connectivity index is 2.99. The number of rotatable bonds is 1. The molecule has 0 saturated carbocycles. The first-order chi connectivity index (χ1) is 2.64. The second-order valence-corrected chi connectivity index (χ2v) is 6.65. The lowest BCUT2D eigenvalue weighted by Crippen LogP contribution is -1.94. The van der Waals surface area contributed by atoms with Crippen LogP contribution in [0.15, 0.2) is 0 Å². The Kier molecular flexibility index (Phi) is 4.30. The molecule has 38 valence electrons. The average molecular weight is 310 g/mol. The maximum atomic E-state index is 2.42. The first-order valence-electron chi connectivity index (χ1n) is 1.92. The Bertz CT molecular complexity index is 26.5. The lowest BCUT2D eigenvalue weighted by Gasteiger charge is -2.01. The topological polar surface area (TPSA) is 0 Å². The van der Waals surface area contributed by atoms with Crippen molar-refractivity contribution in [2.75, 3.05) is 0 Å². The molecule has 0 rings (SSSR count). The number of halogens is 2. The molecule has 0 aliphatic heterocycles. The zero-order valence-corrected chi connectivity index (χ0v) is 8.23. The van der Waals surface area contributed by atoms with Gasteiger partial charge in [0.1, 0.15) is 0 Å². The van der Waals surface area contributed by atoms with Crippen LogP contribution in [-0.4, -0.2) is 1.93 Å². The average Bonchev–Trinajstić information content (AvgIpc) is 1.36. The van der Waals surface area contributed by atoms with Crippen molar-refractivity contribution in [3.05, 3.63) is 0 Å². The first-order valence-corrected chi connectivity index (χ1v) is 4.42. The van der Waals surface area contributed by atoms with Crippen molar-refractivity contribution in [1.29, 1.82) is 0 Å². The number of alkyl halides is 2. The molecule has 0 heterocycles. The van der Waals surface area contributed by atoms with Gasteiger partial charge in [-0.1, -0.05) is 59.0 Å². The lowest BCUT2D eigenvalue weighted by atomic mass is 10.3. The molecule has 0 atom stereocenters. The fraction of sp³-hybridized carbons (Fsp3) is 1.00. The lowest BCUT2D eigenvalue weighted by molar-refractivity contribution is 0.749. The normalized spacial score (nSPS) is 11.0. The van der Waals surface area contributed by atoms with Crippen LogP contribution in [0.3, 0.4) is 0 Å². The fourth-order valence-corrected chi connectivity index (χ4v) is 0. The van der Waals surface area contributed by atoms with Gasteiger partial charge in [0.2, 0.25) is 0 Å². The van der Waals surface area contributed by atoms with E-state index in [1.807, 2.05) is 0 Å². The summed E-state index contributed by atoms with van der Waals surface area (Å²) >= 11 is 4.84. The van der Waals surface area contributed by atoms with Gasteiger partial charge in [0.05, 0.1) is 1.93 Å². The smallest absolute Gasteiger partial charge is 0.0649 e. The Morgan fingerprint density at radius 2 is 1.33 bits per heavy atom. The Hall–Kier alpha value is 1.46. The van der Waals surface area contributed by atoms with E-state index in [1.54, 1.807) is 0 Å². The van der Waals surface area contributed by atoms with Crippen LogP contribution in [0.2, 0.25) is 0 Å². The van der Waals surface area contributed by atoms with Gasteiger partial charge in [-0.15, -0.1) is 0 Å². The SMILES string of the molecule is CC(C)C(I)I. The highest BCUT2D eigenvalue weighted by Crippen LogP contribution is 2.18. The molecule has 0 spiro atoms. The fourth-order valence-electron chi connectivity index (χ4n) is 0. The number of hydrogen-bond donors (Lipinski definition) is 0. The van der Waals surface area contributed by atoms with Crippen LogP contribution >= 0.6 is 45.2 Å². The van der Waals surface area contributed by atoms with Gasteiger partial charge in [-0.3, -0.25) is 0 Å². The van der Waals surface area contributed by atoms with Gasteiger partial charge in [-0.05, 0) is 5.92 Å². The minimum atomic E-state index is 0.792. The largest absolute Gasteiger partial charge is 0.0707 e. The summed E-state index contributed by atoms with van der Waals surface area (Å²) in [5.74, 6) is 0.825. The van der Waals surface area contributed by atoms with Crippen LogP contribution in [0.5, 0.6) is 0 Å². The van der Waals surface area contributed by atoms with E-state index in [-0.39, 0.29) is 0 Å². The molecule has 0 N–H and O–H groups in total.